The van der Waals surface area contributed by atoms with Crippen molar-refractivity contribution in [1.82, 2.24) is 0 Å². The van der Waals surface area contributed by atoms with Gasteiger partial charge < -0.3 is 5.11 Å². The third-order valence-electron chi connectivity index (χ3n) is 5.22. The molecule has 0 radical (unpaired) electrons. The first kappa shape index (κ1) is 12.7. The third-order valence-corrected chi connectivity index (χ3v) is 5.22. The molecule has 2 aliphatic carbocycles. The molecule has 0 bridgehead atoms. The Morgan fingerprint density at radius 3 is 2.74 bits per heavy atom. The quantitative estimate of drug-likeness (QED) is 0.888. The van der Waals surface area contributed by atoms with Crippen molar-refractivity contribution >= 4 is 5.97 Å². The molecule has 2 aliphatic rings. The summed E-state index contributed by atoms with van der Waals surface area (Å²) in [5.41, 5.74) is 1.73. The summed E-state index contributed by atoms with van der Waals surface area (Å²) in [5.74, 6) is 0.152. The van der Waals surface area contributed by atoms with E-state index in [-0.39, 0.29) is 0 Å². The molecular formula is C17H22O2. The minimum absolute atomic E-state index is 0.598. The van der Waals surface area contributed by atoms with Crippen LogP contribution in [0, 0.1) is 5.92 Å². The summed E-state index contributed by atoms with van der Waals surface area (Å²) in [5, 5.41) is 9.78. The molecule has 1 atom stereocenters. The topological polar surface area (TPSA) is 37.3 Å². The minimum Gasteiger partial charge on any atom is -0.481 e. The summed E-state index contributed by atoms with van der Waals surface area (Å²) in [4.78, 5) is 11.9. The van der Waals surface area contributed by atoms with Crippen LogP contribution in [-0.2, 0) is 16.6 Å². The lowest BCUT2D eigenvalue weighted by atomic mass is 9.76. The van der Waals surface area contributed by atoms with Crippen LogP contribution in [0.5, 0.6) is 0 Å². The summed E-state index contributed by atoms with van der Waals surface area (Å²) in [6.45, 7) is 0. The highest BCUT2D eigenvalue weighted by Gasteiger charge is 2.45. The lowest BCUT2D eigenvalue weighted by Crippen LogP contribution is -2.33. The summed E-state index contributed by atoms with van der Waals surface area (Å²) in [6, 6.07) is 8.13. The fourth-order valence-corrected chi connectivity index (χ4v) is 4.03. The van der Waals surface area contributed by atoms with Gasteiger partial charge in [-0.25, -0.2) is 0 Å². The Morgan fingerprint density at radius 2 is 2.00 bits per heavy atom. The highest BCUT2D eigenvalue weighted by atomic mass is 16.4. The van der Waals surface area contributed by atoms with Crippen LogP contribution in [0.1, 0.15) is 56.1 Å². The number of fused-ring (bicyclic) bond motifs is 1. The smallest absolute Gasteiger partial charge is 0.314 e. The Hall–Kier alpha value is -1.31. The highest BCUT2D eigenvalue weighted by Crippen LogP contribution is 2.44. The molecule has 3 rings (SSSR count). The van der Waals surface area contributed by atoms with E-state index in [1.54, 1.807) is 0 Å². The predicted octanol–water partition coefficient (Wildman–Crippen LogP) is 3.93. The third kappa shape index (κ3) is 2.18. The second kappa shape index (κ2) is 4.99. The first-order valence-electron chi connectivity index (χ1n) is 7.54. The van der Waals surface area contributed by atoms with Crippen molar-refractivity contribution < 1.29 is 9.90 Å². The van der Waals surface area contributed by atoms with Gasteiger partial charge in [-0.3, -0.25) is 4.79 Å². The van der Waals surface area contributed by atoms with E-state index in [1.165, 1.54) is 31.2 Å². The van der Waals surface area contributed by atoms with Gasteiger partial charge in [0.25, 0.3) is 0 Å². The number of carbonyl (C=O) groups is 1. The van der Waals surface area contributed by atoms with Crippen molar-refractivity contribution in [3.8, 4) is 0 Å². The van der Waals surface area contributed by atoms with E-state index in [9.17, 15) is 9.90 Å². The fraction of sp³-hybridized carbons (Fsp3) is 0.588. The van der Waals surface area contributed by atoms with E-state index in [0.29, 0.717) is 0 Å². The summed E-state index contributed by atoms with van der Waals surface area (Å²) < 4.78 is 0. The molecule has 0 aromatic heterocycles. The van der Waals surface area contributed by atoms with Gasteiger partial charge in [0.2, 0.25) is 0 Å². The maximum Gasteiger partial charge on any atom is 0.314 e. The van der Waals surface area contributed by atoms with E-state index in [1.807, 2.05) is 18.2 Å². The van der Waals surface area contributed by atoms with E-state index in [0.717, 1.165) is 37.2 Å². The number of carboxylic acids is 1. The van der Waals surface area contributed by atoms with Crippen molar-refractivity contribution in [3.63, 3.8) is 0 Å². The Balaban J connectivity index is 1.82. The van der Waals surface area contributed by atoms with E-state index >= 15 is 0 Å². The van der Waals surface area contributed by atoms with E-state index in [4.69, 9.17) is 0 Å². The zero-order valence-corrected chi connectivity index (χ0v) is 11.4. The van der Waals surface area contributed by atoms with Crippen molar-refractivity contribution in [2.24, 2.45) is 5.92 Å². The maximum absolute atomic E-state index is 11.9. The van der Waals surface area contributed by atoms with Gasteiger partial charge in [0, 0.05) is 0 Å². The average molecular weight is 258 g/mol. The molecule has 102 valence electrons. The zero-order valence-electron chi connectivity index (χ0n) is 11.4. The van der Waals surface area contributed by atoms with Gasteiger partial charge in [-0.2, -0.15) is 0 Å². The second-order valence-corrected chi connectivity index (χ2v) is 6.23. The molecule has 0 saturated heterocycles. The SMILES string of the molecule is O=C(O)C1(CCC2CCCC2)CCc2ccccc21. The predicted molar refractivity (Wildman–Crippen MR) is 75.3 cm³/mol. The molecule has 1 fully saturated rings. The number of hydrogen-bond acceptors (Lipinski definition) is 1. The number of carboxylic acid groups (broad SMARTS) is 1. The molecule has 0 aliphatic heterocycles. The van der Waals surface area contributed by atoms with E-state index in [2.05, 4.69) is 6.07 Å². The molecule has 1 saturated carbocycles. The van der Waals surface area contributed by atoms with Gasteiger partial charge in [0.1, 0.15) is 0 Å². The van der Waals surface area contributed by atoms with Crippen LogP contribution in [-0.4, -0.2) is 11.1 Å². The van der Waals surface area contributed by atoms with Crippen molar-refractivity contribution in [1.29, 1.82) is 0 Å². The van der Waals surface area contributed by atoms with Gasteiger partial charge in [0.05, 0.1) is 5.41 Å². The van der Waals surface area contributed by atoms with Crippen molar-refractivity contribution in [3.05, 3.63) is 35.4 Å². The molecular weight excluding hydrogens is 236 g/mol. The lowest BCUT2D eigenvalue weighted by Gasteiger charge is -2.27. The first-order chi connectivity index (χ1) is 9.22. The molecule has 0 heterocycles. The van der Waals surface area contributed by atoms with Crippen LogP contribution in [0.15, 0.2) is 24.3 Å². The number of rotatable bonds is 4. The van der Waals surface area contributed by atoms with Crippen LogP contribution >= 0.6 is 0 Å². The van der Waals surface area contributed by atoms with Gasteiger partial charge in [-0.1, -0.05) is 49.9 Å². The number of benzene rings is 1. The van der Waals surface area contributed by atoms with Crippen molar-refractivity contribution in [2.75, 3.05) is 0 Å². The molecule has 1 N–H and O–H groups in total. The molecule has 0 amide bonds. The van der Waals surface area contributed by atoms with Crippen LogP contribution in [0.4, 0.5) is 0 Å². The summed E-state index contributed by atoms with van der Waals surface area (Å²) in [7, 11) is 0. The number of hydrogen-bond donors (Lipinski definition) is 1. The van der Waals surface area contributed by atoms with Crippen LogP contribution in [0.2, 0.25) is 0 Å². The first-order valence-corrected chi connectivity index (χ1v) is 7.54. The summed E-state index contributed by atoms with van der Waals surface area (Å²) >= 11 is 0. The number of aliphatic carboxylic acids is 1. The second-order valence-electron chi connectivity index (χ2n) is 6.23. The molecule has 1 aromatic carbocycles. The van der Waals surface area contributed by atoms with Crippen molar-refractivity contribution in [2.45, 2.75) is 56.8 Å². The van der Waals surface area contributed by atoms with Gasteiger partial charge >= 0.3 is 5.97 Å². The largest absolute Gasteiger partial charge is 0.481 e. The average Bonchev–Trinajstić information content (AvgIpc) is 3.05. The molecule has 2 nitrogen and oxygen atoms in total. The molecule has 0 spiro atoms. The fourth-order valence-electron chi connectivity index (χ4n) is 4.03. The zero-order chi connectivity index (χ0) is 13.3. The van der Waals surface area contributed by atoms with Crippen LogP contribution in [0.3, 0.4) is 0 Å². The monoisotopic (exact) mass is 258 g/mol. The summed E-state index contributed by atoms with van der Waals surface area (Å²) in [6.07, 6.45) is 8.89. The van der Waals surface area contributed by atoms with Gasteiger partial charge in [-0.05, 0) is 42.7 Å². The Bertz CT molecular complexity index is 474. The Kier molecular flexibility index (Phi) is 3.34. The maximum atomic E-state index is 11.9. The number of aryl methyl sites for hydroxylation is 1. The Labute approximate surface area is 114 Å². The molecule has 1 aromatic rings. The molecule has 1 unspecified atom stereocenters. The van der Waals surface area contributed by atoms with Crippen LogP contribution in [0.25, 0.3) is 0 Å². The van der Waals surface area contributed by atoms with Crippen LogP contribution < -0.4 is 0 Å². The highest BCUT2D eigenvalue weighted by molar-refractivity contribution is 5.83. The molecule has 19 heavy (non-hydrogen) atoms. The van der Waals surface area contributed by atoms with Gasteiger partial charge in [-0.15, -0.1) is 0 Å². The standard InChI is InChI=1S/C17H22O2/c18-16(19)17(11-9-13-5-1-2-6-13)12-10-14-7-3-4-8-15(14)17/h3-4,7-8,13H,1-2,5-6,9-12H2,(H,18,19). The minimum atomic E-state index is -0.615. The normalized spacial score (nSPS) is 26.5. The van der Waals surface area contributed by atoms with E-state index < -0.39 is 11.4 Å². The van der Waals surface area contributed by atoms with Gasteiger partial charge in [0.15, 0.2) is 0 Å². The Morgan fingerprint density at radius 1 is 1.26 bits per heavy atom. The lowest BCUT2D eigenvalue weighted by molar-refractivity contribution is -0.144. The molecule has 2 heteroatoms.